The lowest BCUT2D eigenvalue weighted by molar-refractivity contribution is 0.0512. The van der Waals surface area contributed by atoms with E-state index in [-0.39, 0.29) is 23.9 Å². The fraction of sp³-hybridized carbons (Fsp3) is 0.250. The molecule has 0 bridgehead atoms. The number of methoxy groups -OCH3 is 1. The van der Waals surface area contributed by atoms with Crippen molar-refractivity contribution in [2.45, 2.75) is 13.8 Å². The first-order valence-corrected chi connectivity index (χ1v) is 9.09. The summed E-state index contributed by atoms with van der Waals surface area (Å²) < 4.78 is 15.3. The van der Waals surface area contributed by atoms with Gasteiger partial charge in [0.1, 0.15) is 5.75 Å². The fourth-order valence-corrected chi connectivity index (χ4v) is 2.59. The van der Waals surface area contributed by atoms with Crippen LogP contribution in [-0.4, -0.2) is 37.4 Å². The van der Waals surface area contributed by atoms with Crippen molar-refractivity contribution in [3.05, 3.63) is 53.6 Å². The zero-order valence-corrected chi connectivity index (χ0v) is 16.7. The topological polar surface area (TPSA) is 85.9 Å². The molecule has 0 spiro atoms. The zero-order valence-electron chi connectivity index (χ0n) is 15.9. The number of nitrogens with one attached hydrogen (secondary N) is 2. The van der Waals surface area contributed by atoms with Crippen LogP contribution < -0.4 is 15.4 Å². The number of thiocarbonyl (C=S) groups is 1. The van der Waals surface area contributed by atoms with Crippen molar-refractivity contribution in [1.29, 1.82) is 0 Å². The lowest BCUT2D eigenvalue weighted by Gasteiger charge is -2.15. The van der Waals surface area contributed by atoms with E-state index in [2.05, 4.69) is 10.6 Å². The average molecular weight is 402 g/mol. The molecule has 0 unspecified atom stereocenters. The molecule has 2 N–H and O–H groups in total. The highest BCUT2D eigenvalue weighted by Crippen LogP contribution is 2.21. The van der Waals surface area contributed by atoms with E-state index in [4.69, 9.17) is 26.4 Å². The van der Waals surface area contributed by atoms with E-state index in [9.17, 15) is 9.59 Å². The van der Waals surface area contributed by atoms with Crippen molar-refractivity contribution in [3.63, 3.8) is 0 Å². The van der Waals surface area contributed by atoms with E-state index in [1.54, 1.807) is 27.0 Å². The molecule has 0 aliphatic rings. The van der Waals surface area contributed by atoms with Crippen LogP contribution in [0.15, 0.2) is 42.5 Å². The predicted octanol–water partition coefficient (Wildman–Crippen LogP) is 3.86. The fourth-order valence-electron chi connectivity index (χ4n) is 2.36. The monoisotopic (exact) mass is 402 g/mol. The summed E-state index contributed by atoms with van der Waals surface area (Å²) in [6.45, 7) is 3.91. The molecule has 2 aromatic rings. The van der Waals surface area contributed by atoms with Crippen LogP contribution in [0.25, 0.3) is 0 Å². The minimum Gasteiger partial charge on any atom is -0.497 e. The van der Waals surface area contributed by atoms with Crippen LogP contribution in [0.5, 0.6) is 5.75 Å². The van der Waals surface area contributed by atoms with Gasteiger partial charge in [-0.2, -0.15) is 0 Å². The predicted molar refractivity (Wildman–Crippen MR) is 111 cm³/mol. The minimum atomic E-state index is -0.524. The quantitative estimate of drug-likeness (QED) is 0.533. The molecule has 8 heteroatoms. The minimum absolute atomic E-state index is 0.227. The number of benzene rings is 2. The van der Waals surface area contributed by atoms with Crippen LogP contribution in [-0.2, 0) is 9.47 Å². The molecule has 148 valence electrons. The Labute approximate surface area is 169 Å². The summed E-state index contributed by atoms with van der Waals surface area (Å²) in [7, 11) is 1.57. The Balaban J connectivity index is 2.26. The number of anilines is 2. The van der Waals surface area contributed by atoms with Crippen LogP contribution in [0.1, 0.15) is 34.6 Å². The van der Waals surface area contributed by atoms with Gasteiger partial charge in [0, 0.05) is 11.8 Å². The normalized spacial score (nSPS) is 9.96. The van der Waals surface area contributed by atoms with Crippen LogP contribution >= 0.6 is 12.2 Å². The SMILES string of the molecule is CCOC(=O)c1ccc(C(=O)OCC)c(NC(=S)Nc2cccc(OC)c2)c1. The lowest BCUT2D eigenvalue weighted by atomic mass is 10.1. The van der Waals surface area contributed by atoms with Crippen molar-refractivity contribution in [1.82, 2.24) is 0 Å². The standard InChI is InChI=1S/C20H22N2O5S/c1-4-26-18(23)13-9-10-16(19(24)27-5-2)17(11-13)22-20(28)21-14-7-6-8-15(12-14)25-3/h6-12H,4-5H2,1-3H3,(H2,21,22,28). The van der Waals surface area contributed by atoms with Crippen LogP contribution in [0.4, 0.5) is 11.4 Å². The molecule has 0 fully saturated rings. The maximum atomic E-state index is 12.2. The number of hydrogen-bond donors (Lipinski definition) is 2. The molecule has 0 heterocycles. The number of carbonyl (C=O) groups is 2. The van der Waals surface area contributed by atoms with Gasteiger partial charge in [-0.15, -0.1) is 0 Å². The third-order valence-corrected chi connectivity index (χ3v) is 3.81. The molecule has 0 aliphatic carbocycles. The maximum absolute atomic E-state index is 12.2. The van der Waals surface area contributed by atoms with E-state index in [1.165, 1.54) is 18.2 Å². The Kier molecular flexibility index (Phi) is 7.76. The number of hydrogen-bond acceptors (Lipinski definition) is 6. The molecule has 2 rings (SSSR count). The Morgan fingerprint density at radius 3 is 2.36 bits per heavy atom. The Morgan fingerprint density at radius 1 is 0.964 bits per heavy atom. The smallest absolute Gasteiger partial charge is 0.340 e. The van der Waals surface area contributed by atoms with Crippen molar-refractivity contribution >= 4 is 40.6 Å². The molecule has 0 amide bonds. The first-order chi connectivity index (χ1) is 13.5. The molecular formula is C20H22N2O5S. The summed E-state index contributed by atoms with van der Waals surface area (Å²) in [4.78, 5) is 24.3. The Morgan fingerprint density at radius 2 is 1.68 bits per heavy atom. The first-order valence-electron chi connectivity index (χ1n) is 8.68. The summed E-state index contributed by atoms with van der Waals surface area (Å²) in [5, 5.41) is 6.19. The van der Waals surface area contributed by atoms with Gasteiger partial charge < -0.3 is 24.8 Å². The number of rotatable bonds is 7. The van der Waals surface area contributed by atoms with Crippen LogP contribution in [0, 0.1) is 0 Å². The Hall–Kier alpha value is -3.13. The molecule has 0 atom stereocenters. The summed E-state index contributed by atoms with van der Waals surface area (Å²) in [5.74, 6) is -0.346. The third kappa shape index (κ3) is 5.68. The van der Waals surface area contributed by atoms with Gasteiger partial charge in [-0.25, -0.2) is 9.59 Å². The number of ether oxygens (including phenoxy) is 3. The van der Waals surface area contributed by atoms with Gasteiger partial charge in [0.2, 0.25) is 0 Å². The van der Waals surface area contributed by atoms with E-state index < -0.39 is 11.9 Å². The van der Waals surface area contributed by atoms with E-state index in [0.717, 1.165) is 0 Å². The molecule has 0 aromatic heterocycles. The van der Waals surface area contributed by atoms with Crippen molar-refractivity contribution < 1.29 is 23.8 Å². The second-order valence-electron chi connectivity index (χ2n) is 5.51. The molecule has 0 saturated carbocycles. The summed E-state index contributed by atoms with van der Waals surface area (Å²) in [5.41, 5.74) is 1.59. The van der Waals surface area contributed by atoms with E-state index >= 15 is 0 Å². The van der Waals surface area contributed by atoms with Crippen molar-refractivity contribution in [3.8, 4) is 5.75 Å². The molecule has 2 aromatic carbocycles. The molecule has 0 aliphatic heterocycles. The van der Waals surface area contributed by atoms with Crippen molar-refractivity contribution in [2.24, 2.45) is 0 Å². The number of esters is 2. The van der Waals surface area contributed by atoms with Crippen LogP contribution in [0.2, 0.25) is 0 Å². The third-order valence-electron chi connectivity index (χ3n) is 3.60. The highest BCUT2D eigenvalue weighted by molar-refractivity contribution is 7.80. The number of carbonyl (C=O) groups excluding carboxylic acids is 2. The van der Waals surface area contributed by atoms with Gasteiger partial charge >= 0.3 is 11.9 Å². The second kappa shape index (κ2) is 10.3. The van der Waals surface area contributed by atoms with Gasteiger partial charge in [-0.3, -0.25) is 0 Å². The summed E-state index contributed by atoms with van der Waals surface area (Å²) >= 11 is 5.34. The molecule has 28 heavy (non-hydrogen) atoms. The Bertz CT molecular complexity index is 869. The maximum Gasteiger partial charge on any atom is 0.340 e. The average Bonchev–Trinajstić information content (AvgIpc) is 2.68. The lowest BCUT2D eigenvalue weighted by Crippen LogP contribution is -2.21. The van der Waals surface area contributed by atoms with Gasteiger partial charge in [-0.05, 0) is 56.4 Å². The first kappa shape index (κ1) is 21.2. The van der Waals surface area contributed by atoms with Gasteiger partial charge in [0.05, 0.1) is 37.1 Å². The van der Waals surface area contributed by atoms with Crippen molar-refractivity contribution in [2.75, 3.05) is 31.0 Å². The largest absolute Gasteiger partial charge is 0.497 e. The zero-order chi connectivity index (χ0) is 20.5. The van der Waals surface area contributed by atoms with Crippen LogP contribution in [0.3, 0.4) is 0 Å². The van der Waals surface area contributed by atoms with Gasteiger partial charge in [0.15, 0.2) is 5.11 Å². The molecule has 0 saturated heterocycles. The molecule has 7 nitrogen and oxygen atoms in total. The van der Waals surface area contributed by atoms with E-state index in [0.29, 0.717) is 22.7 Å². The highest BCUT2D eigenvalue weighted by Gasteiger charge is 2.17. The molecular weight excluding hydrogens is 380 g/mol. The van der Waals surface area contributed by atoms with E-state index in [1.807, 2.05) is 18.2 Å². The molecule has 0 radical (unpaired) electrons. The summed E-state index contributed by atoms with van der Waals surface area (Å²) in [6.07, 6.45) is 0. The summed E-state index contributed by atoms with van der Waals surface area (Å²) in [6, 6.07) is 11.7. The van der Waals surface area contributed by atoms with Gasteiger partial charge in [0.25, 0.3) is 0 Å². The second-order valence-corrected chi connectivity index (χ2v) is 5.92. The van der Waals surface area contributed by atoms with Gasteiger partial charge in [-0.1, -0.05) is 6.07 Å². The highest BCUT2D eigenvalue weighted by atomic mass is 32.1.